The molecular weight excluding hydrogens is 984 g/mol. The standard InChI is InChI=1S/3O.2Pt.2W.2Y/q3*-2;;;;;2*+3. The Kier molecular flexibility index (Phi) is 831. The Morgan fingerprint density at radius 1 is 0.444 bits per heavy atom. The fourth-order valence-corrected chi connectivity index (χ4v) is 0. The summed E-state index contributed by atoms with van der Waals surface area (Å²) in [5.74, 6) is 0. The third kappa shape index (κ3) is 64.4. The third-order valence-electron chi connectivity index (χ3n) is 0. The maximum absolute atomic E-state index is 0. The second-order valence-electron chi connectivity index (χ2n) is 0. The van der Waals surface area contributed by atoms with Crippen molar-refractivity contribution in [3.05, 3.63) is 0 Å². The minimum absolute atomic E-state index is 0. The molecule has 0 atom stereocenters. The fraction of sp³-hybridized carbons (Fsp3) is 0. The van der Waals surface area contributed by atoms with Crippen LogP contribution in [0.5, 0.6) is 0 Å². The van der Waals surface area contributed by atoms with Crippen molar-refractivity contribution in [3.8, 4) is 0 Å². The van der Waals surface area contributed by atoms with Crippen molar-refractivity contribution in [3.63, 3.8) is 0 Å². The molecule has 9 heavy (non-hydrogen) atoms. The van der Waals surface area contributed by atoms with Crippen LogP contribution in [0, 0.1) is 0 Å². The minimum Gasteiger partial charge on any atom is -2.00 e. The van der Waals surface area contributed by atoms with Gasteiger partial charge in [-0.1, -0.05) is 0 Å². The first kappa shape index (κ1) is 97.4. The van der Waals surface area contributed by atoms with Crippen LogP contribution in [0.3, 0.4) is 0 Å². The Morgan fingerprint density at radius 3 is 0.444 bits per heavy atom. The molecule has 0 rings (SSSR count). The average molecular weight is 984 g/mol. The Bertz CT molecular complexity index is 17.8. The van der Waals surface area contributed by atoms with Crippen molar-refractivity contribution < 1.29 is 166 Å². The quantitative estimate of drug-likeness (QED) is 0.318. The first-order valence-corrected chi connectivity index (χ1v) is 0. The molecule has 3 nitrogen and oxygen atoms in total. The second kappa shape index (κ2) is 76.8. The van der Waals surface area contributed by atoms with Crippen LogP contribution < -0.4 is 0 Å². The summed E-state index contributed by atoms with van der Waals surface area (Å²) in [4.78, 5) is 0. The van der Waals surface area contributed by atoms with E-state index in [2.05, 4.69) is 0 Å². The molecule has 56 valence electrons. The SMILES string of the molecule is [O-2].[O-2].[O-2].[Pt].[Pt].[W].[W].[Y+3].[Y+3]. The van der Waals surface area contributed by atoms with Crippen LogP contribution >= 0.6 is 0 Å². The van der Waals surface area contributed by atoms with Gasteiger partial charge in [-0.25, -0.2) is 0 Å². The van der Waals surface area contributed by atoms with E-state index in [9.17, 15) is 0 Å². The van der Waals surface area contributed by atoms with E-state index in [4.69, 9.17) is 0 Å². The molecule has 0 saturated heterocycles. The largest absolute Gasteiger partial charge is 3.00 e. The Labute approximate surface area is 162 Å². The van der Waals surface area contributed by atoms with Gasteiger partial charge in [0.25, 0.3) is 0 Å². The Balaban J connectivity index is 0. The summed E-state index contributed by atoms with van der Waals surface area (Å²) < 4.78 is 0. The van der Waals surface area contributed by atoms with Crippen molar-refractivity contribution in [2.24, 2.45) is 0 Å². The topological polar surface area (TPSA) is 85.5 Å². The van der Waals surface area contributed by atoms with E-state index in [-0.39, 0.29) is 166 Å². The summed E-state index contributed by atoms with van der Waals surface area (Å²) in [5.41, 5.74) is 0. The first-order valence-electron chi connectivity index (χ1n) is 0. The normalized spacial score (nSPS) is 0. The maximum Gasteiger partial charge on any atom is 3.00 e. The van der Waals surface area contributed by atoms with Crippen LogP contribution in [0.15, 0.2) is 0 Å². The summed E-state index contributed by atoms with van der Waals surface area (Å²) in [6, 6.07) is 0. The van der Waals surface area contributed by atoms with E-state index >= 15 is 0 Å². The van der Waals surface area contributed by atoms with Gasteiger partial charge in [0.05, 0.1) is 0 Å². The van der Waals surface area contributed by atoms with E-state index in [1.165, 1.54) is 0 Å². The summed E-state index contributed by atoms with van der Waals surface area (Å²) in [6.45, 7) is 0. The van der Waals surface area contributed by atoms with Gasteiger partial charge in [-0.3, -0.25) is 0 Å². The molecule has 0 radical (unpaired) electrons. The summed E-state index contributed by atoms with van der Waals surface area (Å²) in [7, 11) is 0. The molecule has 0 saturated carbocycles. The number of hydrogen-bond acceptors (Lipinski definition) is 0. The molecule has 0 fully saturated rings. The van der Waals surface area contributed by atoms with Gasteiger partial charge in [-0.05, 0) is 0 Å². The number of hydrogen-bond donors (Lipinski definition) is 0. The molecule has 0 aliphatic heterocycles. The van der Waals surface area contributed by atoms with Gasteiger partial charge in [-0.2, -0.15) is 0 Å². The molecule has 0 aromatic rings. The first-order chi connectivity index (χ1) is 0. The van der Waals surface area contributed by atoms with Gasteiger partial charge in [0.1, 0.15) is 0 Å². The van der Waals surface area contributed by atoms with Gasteiger partial charge in [0.2, 0.25) is 0 Å². The van der Waals surface area contributed by atoms with Crippen molar-refractivity contribution in [2.75, 3.05) is 0 Å². The molecule has 0 unspecified atom stereocenters. The fourth-order valence-electron chi connectivity index (χ4n) is 0. The molecule has 0 heterocycles. The van der Waals surface area contributed by atoms with Crippen molar-refractivity contribution in [1.29, 1.82) is 0 Å². The van der Waals surface area contributed by atoms with Gasteiger partial charge >= 0.3 is 65.4 Å². The minimum atomic E-state index is 0. The van der Waals surface area contributed by atoms with Crippen LogP contribution in [0.4, 0.5) is 0 Å². The van der Waals surface area contributed by atoms with Crippen LogP contribution in [-0.2, 0) is 166 Å². The van der Waals surface area contributed by atoms with Crippen LogP contribution in [-0.4, -0.2) is 0 Å². The van der Waals surface area contributed by atoms with Crippen molar-refractivity contribution in [2.45, 2.75) is 0 Å². The van der Waals surface area contributed by atoms with Gasteiger partial charge in [0.15, 0.2) is 0 Å². The van der Waals surface area contributed by atoms with E-state index < -0.39 is 0 Å². The molecule has 0 bridgehead atoms. The summed E-state index contributed by atoms with van der Waals surface area (Å²) >= 11 is 0. The Hall–Kier alpha value is 4.84. The maximum atomic E-state index is 0. The van der Waals surface area contributed by atoms with Gasteiger partial charge < -0.3 is 16.4 Å². The smallest absolute Gasteiger partial charge is 2.00 e. The van der Waals surface area contributed by atoms with Crippen molar-refractivity contribution >= 4 is 0 Å². The number of rotatable bonds is 0. The third-order valence-corrected chi connectivity index (χ3v) is 0. The van der Waals surface area contributed by atoms with Crippen LogP contribution in [0.2, 0.25) is 0 Å². The molecular formula is O3Pt2W2Y2. The molecule has 0 aromatic carbocycles. The second-order valence-corrected chi connectivity index (χ2v) is 0. The molecule has 0 aliphatic rings. The van der Waals surface area contributed by atoms with E-state index in [0.29, 0.717) is 0 Å². The van der Waals surface area contributed by atoms with E-state index in [1.54, 1.807) is 0 Å². The monoisotopic (exact) mass is 984 g/mol. The Morgan fingerprint density at radius 2 is 0.444 bits per heavy atom. The zero-order valence-corrected chi connectivity index (χ0v) is 19.9. The summed E-state index contributed by atoms with van der Waals surface area (Å²) in [6.07, 6.45) is 0. The van der Waals surface area contributed by atoms with Crippen LogP contribution in [0.1, 0.15) is 0 Å². The van der Waals surface area contributed by atoms with E-state index in [1.807, 2.05) is 0 Å². The van der Waals surface area contributed by atoms with E-state index in [0.717, 1.165) is 0 Å². The van der Waals surface area contributed by atoms with Crippen LogP contribution in [0.25, 0.3) is 0 Å². The zero-order chi connectivity index (χ0) is 0. The zero-order valence-electron chi connectivity index (χ0n) is 3.83. The average Bonchev–Trinajstić information content (AvgIpc) is 0. The molecule has 0 aromatic heterocycles. The summed E-state index contributed by atoms with van der Waals surface area (Å²) in [5, 5.41) is 0. The molecule has 0 aliphatic carbocycles. The predicted molar refractivity (Wildman–Crippen MR) is 2.06 cm³/mol. The van der Waals surface area contributed by atoms with Gasteiger partial charge in [0, 0.05) is 84.3 Å². The molecule has 9 heteroatoms. The molecule has 0 N–H and O–H groups in total. The van der Waals surface area contributed by atoms with Crippen molar-refractivity contribution in [1.82, 2.24) is 0 Å². The van der Waals surface area contributed by atoms with Gasteiger partial charge in [-0.15, -0.1) is 0 Å². The molecule has 0 spiro atoms. The molecule has 0 amide bonds. The predicted octanol–water partition coefficient (Wildman–Crippen LogP) is -0.371.